The van der Waals surface area contributed by atoms with Crippen molar-refractivity contribution in [2.45, 2.75) is 18.6 Å². The van der Waals surface area contributed by atoms with E-state index in [1.807, 2.05) is 30.3 Å². The van der Waals surface area contributed by atoms with Crippen LogP contribution in [-0.4, -0.2) is 69.6 Å². The number of nitrogens with one attached hydrogen (secondary N) is 2. The Bertz CT molecular complexity index is 1880. The number of thiazole rings is 1. The number of carbonyl (C=O) groups is 2. The molecule has 0 bridgehead atoms. The molecule has 0 saturated carbocycles. The van der Waals surface area contributed by atoms with Gasteiger partial charge in [-0.15, -0.1) is 0 Å². The molecule has 1 aliphatic rings. The maximum Gasteiger partial charge on any atom is 0.273 e. The normalized spacial score (nSPS) is 16.2. The molecule has 13 nitrogen and oxygen atoms in total. The molecule has 3 N–H and O–H groups in total. The number of carbonyl (C=O) groups excluding carboxylic acids is 2. The van der Waals surface area contributed by atoms with Crippen LogP contribution < -0.4 is 20.1 Å². The van der Waals surface area contributed by atoms with Crippen LogP contribution in [0.1, 0.15) is 28.2 Å². The number of aliphatic hydroxyl groups is 1. The zero-order valence-electron chi connectivity index (χ0n) is 25.0. The first kappa shape index (κ1) is 29.8. The lowest BCUT2D eigenvalue weighted by molar-refractivity contribution is -0.144. The van der Waals surface area contributed by atoms with E-state index in [2.05, 4.69) is 20.9 Å². The number of hydrogen-bond donors (Lipinski definition) is 3. The maximum atomic E-state index is 13.5. The van der Waals surface area contributed by atoms with Gasteiger partial charge in [0.1, 0.15) is 27.2 Å². The number of amides is 2. The highest BCUT2D eigenvalue weighted by Gasteiger charge is 2.48. The van der Waals surface area contributed by atoms with Crippen LogP contribution in [0.2, 0.25) is 0 Å². The Labute approximate surface area is 262 Å². The van der Waals surface area contributed by atoms with Crippen LogP contribution in [0, 0.1) is 0 Å². The van der Waals surface area contributed by atoms with Crippen LogP contribution >= 0.6 is 11.3 Å². The number of ether oxygens (including phenoxy) is 2. The van der Waals surface area contributed by atoms with Crippen molar-refractivity contribution in [3.05, 3.63) is 77.9 Å². The van der Waals surface area contributed by atoms with Gasteiger partial charge in [-0.1, -0.05) is 34.7 Å². The van der Waals surface area contributed by atoms with Gasteiger partial charge in [0, 0.05) is 68.6 Å². The van der Waals surface area contributed by atoms with Crippen molar-refractivity contribution in [2.75, 3.05) is 33.1 Å². The lowest BCUT2D eigenvalue weighted by Gasteiger charge is -2.16. The van der Waals surface area contributed by atoms with Crippen LogP contribution in [-0.2, 0) is 24.0 Å². The molecule has 0 radical (unpaired) electrons. The fourth-order valence-corrected chi connectivity index (χ4v) is 6.04. The van der Waals surface area contributed by atoms with E-state index in [0.717, 1.165) is 11.1 Å². The molecule has 1 atom stereocenters. The van der Waals surface area contributed by atoms with E-state index in [1.54, 1.807) is 63.6 Å². The number of likely N-dealkylation sites (N-methyl/N-ethyl adjacent to an activating group) is 1. The number of methoxy groups -OCH3 is 2. The molecule has 45 heavy (non-hydrogen) atoms. The predicted octanol–water partition coefficient (Wildman–Crippen LogP) is 3.94. The zero-order valence-corrected chi connectivity index (χ0v) is 25.8. The molecule has 5 aromatic rings. The largest absolute Gasteiger partial charge is 0.497 e. The molecule has 0 aliphatic carbocycles. The van der Waals surface area contributed by atoms with Crippen molar-refractivity contribution in [3.8, 4) is 33.3 Å². The zero-order chi connectivity index (χ0) is 31.7. The molecule has 1 aliphatic heterocycles. The molecular weight excluding hydrogens is 598 g/mol. The van der Waals surface area contributed by atoms with Gasteiger partial charge in [-0.05, 0) is 18.2 Å². The molecular formula is C31H31N7O6S. The number of nitrogens with zero attached hydrogens (tertiary/aromatic N) is 5. The predicted molar refractivity (Wildman–Crippen MR) is 166 cm³/mol. The highest BCUT2D eigenvalue weighted by atomic mass is 32.1. The van der Waals surface area contributed by atoms with Crippen LogP contribution in [0.3, 0.4) is 0 Å². The fourth-order valence-electron chi connectivity index (χ4n) is 5.06. The summed E-state index contributed by atoms with van der Waals surface area (Å²) in [6.45, 7) is 0.629. The van der Waals surface area contributed by atoms with Crippen molar-refractivity contribution >= 4 is 33.8 Å². The molecule has 1 saturated heterocycles. The second-order valence-corrected chi connectivity index (χ2v) is 11.6. The molecule has 6 rings (SSSR count). The number of anilines is 2. The van der Waals surface area contributed by atoms with E-state index in [0.29, 0.717) is 45.0 Å². The van der Waals surface area contributed by atoms with Crippen molar-refractivity contribution in [2.24, 2.45) is 7.05 Å². The van der Waals surface area contributed by atoms with Crippen molar-refractivity contribution in [3.63, 3.8) is 0 Å². The second-order valence-electron chi connectivity index (χ2n) is 10.6. The smallest absolute Gasteiger partial charge is 0.273 e. The Balaban J connectivity index is 1.29. The van der Waals surface area contributed by atoms with Gasteiger partial charge in [0.15, 0.2) is 11.5 Å². The molecule has 1 fully saturated rings. The maximum absolute atomic E-state index is 13.5. The standard InChI is InChI=1S/C31H31N7O6S/c1-37-11-10-31(41,30(37)40)25-14-23(36-44-25)18-6-5-7-19(12-18)28-35-26(29(45-28)34-21-16-33-38(2)17-21)27(39)32-15-20-8-9-22(42-3)13-24(20)43-4/h5-9,12-14,16-17,34,41H,10-11,15H2,1-4H3,(H,32,39). The molecule has 1 unspecified atom stereocenters. The summed E-state index contributed by atoms with van der Waals surface area (Å²) in [5.74, 6) is 0.534. The number of benzene rings is 2. The minimum Gasteiger partial charge on any atom is -0.497 e. The van der Waals surface area contributed by atoms with Gasteiger partial charge in [-0.2, -0.15) is 5.10 Å². The van der Waals surface area contributed by atoms with E-state index in [4.69, 9.17) is 19.0 Å². The van der Waals surface area contributed by atoms with E-state index in [1.165, 1.54) is 16.2 Å². The Hall–Kier alpha value is -5.21. The lowest BCUT2D eigenvalue weighted by Crippen LogP contribution is -2.35. The third-order valence-electron chi connectivity index (χ3n) is 7.57. The first-order valence-electron chi connectivity index (χ1n) is 14.0. The minimum atomic E-state index is -1.74. The Kier molecular flexibility index (Phi) is 7.99. The topological polar surface area (TPSA) is 157 Å². The third-order valence-corrected chi connectivity index (χ3v) is 8.59. The molecule has 14 heteroatoms. The highest BCUT2D eigenvalue weighted by molar-refractivity contribution is 7.19. The summed E-state index contributed by atoms with van der Waals surface area (Å²) in [4.78, 5) is 32.3. The molecule has 4 heterocycles. The van der Waals surface area contributed by atoms with Crippen LogP contribution in [0.5, 0.6) is 11.5 Å². The average molecular weight is 630 g/mol. The van der Waals surface area contributed by atoms with Gasteiger partial charge in [-0.3, -0.25) is 14.3 Å². The van der Waals surface area contributed by atoms with Crippen molar-refractivity contribution in [1.29, 1.82) is 0 Å². The summed E-state index contributed by atoms with van der Waals surface area (Å²) in [5.41, 5.74) is 1.84. The number of rotatable bonds is 10. The van der Waals surface area contributed by atoms with E-state index >= 15 is 0 Å². The number of aromatic nitrogens is 4. The summed E-state index contributed by atoms with van der Waals surface area (Å²) < 4.78 is 17.8. The summed E-state index contributed by atoms with van der Waals surface area (Å²) in [6, 6.07) is 14.4. The second kappa shape index (κ2) is 12.1. The van der Waals surface area contributed by atoms with Gasteiger partial charge < -0.3 is 34.6 Å². The number of aryl methyl sites for hydroxylation is 1. The summed E-state index contributed by atoms with van der Waals surface area (Å²) >= 11 is 1.31. The van der Waals surface area contributed by atoms with Gasteiger partial charge >= 0.3 is 0 Å². The molecule has 2 amide bonds. The SMILES string of the molecule is COc1ccc(CNC(=O)c2nc(-c3cccc(-c4cc(C5(O)CCN(C)C5=O)on4)c3)sc2Nc2cnn(C)c2)c(OC)c1. The minimum absolute atomic E-state index is 0.0990. The average Bonchev–Trinajstić information content (AvgIpc) is 3.86. The first-order chi connectivity index (χ1) is 21.7. The van der Waals surface area contributed by atoms with Gasteiger partial charge in [0.05, 0.1) is 26.1 Å². The Morgan fingerprint density at radius 2 is 1.96 bits per heavy atom. The van der Waals surface area contributed by atoms with Crippen molar-refractivity contribution < 1.29 is 28.7 Å². The van der Waals surface area contributed by atoms with E-state index in [9.17, 15) is 14.7 Å². The number of likely N-dealkylation sites (tertiary alicyclic amines) is 1. The third kappa shape index (κ3) is 5.84. The molecule has 2 aromatic carbocycles. The van der Waals surface area contributed by atoms with Gasteiger partial charge in [0.2, 0.25) is 5.60 Å². The quantitative estimate of drug-likeness (QED) is 0.207. The molecule has 0 spiro atoms. The highest BCUT2D eigenvalue weighted by Crippen LogP contribution is 2.38. The monoisotopic (exact) mass is 629 g/mol. The van der Waals surface area contributed by atoms with E-state index in [-0.39, 0.29) is 30.3 Å². The molecule has 232 valence electrons. The van der Waals surface area contributed by atoms with Crippen LogP contribution in [0.25, 0.3) is 21.8 Å². The van der Waals surface area contributed by atoms with Crippen LogP contribution in [0.15, 0.2) is 65.4 Å². The van der Waals surface area contributed by atoms with Gasteiger partial charge in [-0.25, -0.2) is 4.98 Å². The number of hydrogen-bond acceptors (Lipinski definition) is 11. The van der Waals surface area contributed by atoms with Gasteiger partial charge in [0.25, 0.3) is 11.8 Å². The van der Waals surface area contributed by atoms with Crippen molar-refractivity contribution in [1.82, 2.24) is 30.1 Å². The lowest BCUT2D eigenvalue weighted by atomic mass is 9.98. The summed E-state index contributed by atoms with van der Waals surface area (Å²) in [6.07, 6.45) is 3.68. The summed E-state index contributed by atoms with van der Waals surface area (Å²) in [7, 11) is 6.58. The molecule has 3 aromatic heterocycles. The summed E-state index contributed by atoms with van der Waals surface area (Å²) in [5, 5.41) is 26.7. The van der Waals surface area contributed by atoms with Crippen LogP contribution in [0.4, 0.5) is 10.7 Å². The van der Waals surface area contributed by atoms with E-state index < -0.39 is 11.5 Å². The Morgan fingerprint density at radius 3 is 2.67 bits per heavy atom. The Morgan fingerprint density at radius 1 is 1.13 bits per heavy atom. The first-order valence-corrected chi connectivity index (χ1v) is 14.8. The fraction of sp³-hybridized carbons (Fsp3) is 0.258.